The van der Waals surface area contributed by atoms with Crippen molar-refractivity contribution in [1.82, 2.24) is 5.32 Å². The van der Waals surface area contributed by atoms with Crippen molar-refractivity contribution < 1.29 is 19.4 Å². The van der Waals surface area contributed by atoms with Crippen LogP contribution in [0.4, 0.5) is 4.79 Å². The van der Waals surface area contributed by atoms with Crippen LogP contribution in [0.1, 0.15) is 32.8 Å². The highest BCUT2D eigenvalue weighted by molar-refractivity contribution is 9.10. The topological polar surface area (TPSA) is 67.8 Å². The van der Waals surface area contributed by atoms with Crippen LogP contribution in [-0.4, -0.2) is 36.1 Å². The number of halogens is 1. The molecule has 1 rings (SSSR count). The number of aliphatic hydroxyl groups is 1. The predicted octanol–water partition coefficient (Wildman–Crippen LogP) is 3.24. The molecule has 1 atom stereocenters. The number of rotatable bonds is 7. The third-order valence-electron chi connectivity index (χ3n) is 2.74. The van der Waals surface area contributed by atoms with Gasteiger partial charge in [-0.1, -0.05) is 28.1 Å². The number of amides is 1. The summed E-state index contributed by atoms with van der Waals surface area (Å²) in [4.78, 5) is 11.5. The number of ether oxygens (including phenoxy) is 2. The molecule has 0 bridgehead atoms. The fraction of sp³-hybridized carbons (Fsp3) is 0.562. The zero-order chi connectivity index (χ0) is 16.6. The summed E-state index contributed by atoms with van der Waals surface area (Å²) in [6, 6.07) is 7.79. The molecular weight excluding hydrogens is 350 g/mol. The van der Waals surface area contributed by atoms with E-state index in [1.54, 1.807) is 0 Å². The van der Waals surface area contributed by atoms with Crippen molar-refractivity contribution in [3.8, 4) is 0 Å². The molecule has 0 aliphatic carbocycles. The van der Waals surface area contributed by atoms with E-state index in [2.05, 4.69) is 21.2 Å². The molecular formula is C16H24BrNO4. The molecule has 124 valence electrons. The molecule has 1 amide bonds. The number of hydrogen-bond acceptors (Lipinski definition) is 4. The third kappa shape index (κ3) is 8.36. The normalized spacial score (nSPS) is 12.8. The standard InChI is InChI=1S/C16H24BrNO4/c1-16(2,3)22-15(20)18-9-8-14(10-19)21-11-12-4-6-13(17)7-5-12/h4-7,14,19H,8-11H2,1-3H3,(H,18,20)/t14-/m1/s1. The van der Waals surface area contributed by atoms with Crippen molar-refractivity contribution >= 4 is 22.0 Å². The zero-order valence-corrected chi connectivity index (χ0v) is 14.9. The summed E-state index contributed by atoms with van der Waals surface area (Å²) in [5.41, 5.74) is 0.514. The van der Waals surface area contributed by atoms with E-state index in [1.165, 1.54) is 0 Å². The lowest BCUT2D eigenvalue weighted by Crippen LogP contribution is -2.34. The van der Waals surface area contributed by atoms with Gasteiger partial charge in [0, 0.05) is 11.0 Å². The monoisotopic (exact) mass is 373 g/mol. The number of carbonyl (C=O) groups excluding carboxylic acids is 1. The molecule has 2 N–H and O–H groups in total. The van der Waals surface area contributed by atoms with E-state index in [0.29, 0.717) is 19.6 Å². The van der Waals surface area contributed by atoms with Crippen LogP contribution in [0.25, 0.3) is 0 Å². The molecule has 0 aromatic heterocycles. The van der Waals surface area contributed by atoms with Crippen LogP contribution in [0, 0.1) is 0 Å². The van der Waals surface area contributed by atoms with Crippen molar-refractivity contribution in [3.05, 3.63) is 34.3 Å². The van der Waals surface area contributed by atoms with Crippen molar-refractivity contribution in [2.45, 2.75) is 45.5 Å². The van der Waals surface area contributed by atoms with E-state index < -0.39 is 11.7 Å². The van der Waals surface area contributed by atoms with E-state index in [-0.39, 0.29) is 12.7 Å². The van der Waals surface area contributed by atoms with Crippen molar-refractivity contribution in [1.29, 1.82) is 0 Å². The van der Waals surface area contributed by atoms with E-state index in [0.717, 1.165) is 10.0 Å². The second-order valence-electron chi connectivity index (χ2n) is 5.96. The molecule has 22 heavy (non-hydrogen) atoms. The van der Waals surface area contributed by atoms with Crippen molar-refractivity contribution in [3.63, 3.8) is 0 Å². The highest BCUT2D eigenvalue weighted by Gasteiger charge is 2.16. The van der Waals surface area contributed by atoms with Gasteiger partial charge in [0.1, 0.15) is 5.60 Å². The van der Waals surface area contributed by atoms with E-state index in [9.17, 15) is 9.90 Å². The van der Waals surface area contributed by atoms with Crippen LogP contribution >= 0.6 is 15.9 Å². The molecule has 5 nitrogen and oxygen atoms in total. The molecule has 0 radical (unpaired) electrons. The summed E-state index contributed by atoms with van der Waals surface area (Å²) in [6.07, 6.45) is -0.262. The van der Waals surface area contributed by atoms with Gasteiger partial charge in [-0.05, 0) is 44.9 Å². The number of aliphatic hydroxyl groups excluding tert-OH is 1. The maximum absolute atomic E-state index is 11.5. The van der Waals surface area contributed by atoms with Gasteiger partial charge in [-0.25, -0.2) is 4.79 Å². The molecule has 0 aliphatic rings. The van der Waals surface area contributed by atoms with Gasteiger partial charge in [-0.2, -0.15) is 0 Å². The van der Waals surface area contributed by atoms with E-state index >= 15 is 0 Å². The van der Waals surface area contributed by atoms with Gasteiger partial charge in [0.05, 0.1) is 19.3 Å². The van der Waals surface area contributed by atoms with Gasteiger partial charge in [0.25, 0.3) is 0 Å². The number of alkyl carbamates (subject to hydrolysis) is 1. The Balaban J connectivity index is 2.27. The first-order valence-corrected chi connectivity index (χ1v) is 8.03. The molecule has 0 unspecified atom stereocenters. The minimum Gasteiger partial charge on any atom is -0.444 e. The van der Waals surface area contributed by atoms with Crippen LogP contribution in [0.2, 0.25) is 0 Å². The lowest BCUT2D eigenvalue weighted by molar-refractivity contribution is -0.00261. The summed E-state index contributed by atoms with van der Waals surface area (Å²) < 4.78 is 11.8. The van der Waals surface area contributed by atoms with Crippen molar-refractivity contribution in [2.75, 3.05) is 13.2 Å². The molecule has 0 saturated heterocycles. The quantitative estimate of drug-likeness (QED) is 0.769. The highest BCUT2D eigenvalue weighted by Crippen LogP contribution is 2.12. The fourth-order valence-electron chi connectivity index (χ4n) is 1.67. The average Bonchev–Trinajstić information content (AvgIpc) is 2.42. The lowest BCUT2D eigenvalue weighted by atomic mass is 10.2. The van der Waals surface area contributed by atoms with Gasteiger partial charge in [-0.15, -0.1) is 0 Å². The van der Waals surface area contributed by atoms with Crippen LogP contribution in [0.15, 0.2) is 28.7 Å². The molecule has 0 fully saturated rings. The lowest BCUT2D eigenvalue weighted by Gasteiger charge is -2.20. The van der Waals surface area contributed by atoms with Gasteiger partial charge < -0.3 is 19.9 Å². The molecule has 6 heteroatoms. The molecule has 0 heterocycles. The second kappa shape index (κ2) is 9.12. The molecule has 0 spiro atoms. The minimum absolute atomic E-state index is 0.0907. The Morgan fingerprint density at radius 1 is 1.32 bits per heavy atom. The smallest absolute Gasteiger partial charge is 0.407 e. The van der Waals surface area contributed by atoms with Crippen LogP contribution in [0.3, 0.4) is 0 Å². The fourth-order valence-corrected chi connectivity index (χ4v) is 1.94. The minimum atomic E-state index is -0.515. The largest absolute Gasteiger partial charge is 0.444 e. The summed E-state index contributed by atoms with van der Waals surface area (Å²) in [5, 5.41) is 12.0. The first kappa shape index (κ1) is 18.9. The summed E-state index contributed by atoms with van der Waals surface area (Å²) in [7, 11) is 0. The number of carbonyl (C=O) groups is 1. The van der Waals surface area contributed by atoms with Gasteiger partial charge in [-0.3, -0.25) is 0 Å². The third-order valence-corrected chi connectivity index (χ3v) is 3.27. The Bertz CT molecular complexity index is 456. The maximum atomic E-state index is 11.5. The van der Waals surface area contributed by atoms with Gasteiger partial charge in [0.2, 0.25) is 0 Å². The number of benzene rings is 1. The zero-order valence-electron chi connectivity index (χ0n) is 13.3. The number of hydrogen-bond donors (Lipinski definition) is 2. The molecule has 0 saturated carbocycles. The Hall–Kier alpha value is -1.11. The summed E-state index contributed by atoms with van der Waals surface area (Å²) >= 11 is 3.37. The Morgan fingerprint density at radius 3 is 2.50 bits per heavy atom. The predicted molar refractivity (Wildman–Crippen MR) is 88.7 cm³/mol. The summed E-state index contributed by atoms with van der Waals surface area (Å²) in [5.74, 6) is 0. The van der Waals surface area contributed by atoms with Crippen LogP contribution < -0.4 is 5.32 Å². The summed E-state index contributed by atoms with van der Waals surface area (Å²) in [6.45, 7) is 6.15. The van der Waals surface area contributed by atoms with E-state index in [4.69, 9.17) is 9.47 Å². The highest BCUT2D eigenvalue weighted by atomic mass is 79.9. The second-order valence-corrected chi connectivity index (χ2v) is 6.88. The van der Waals surface area contributed by atoms with Crippen molar-refractivity contribution in [2.24, 2.45) is 0 Å². The van der Waals surface area contributed by atoms with Crippen LogP contribution in [-0.2, 0) is 16.1 Å². The average molecular weight is 374 g/mol. The first-order chi connectivity index (χ1) is 10.3. The number of nitrogens with one attached hydrogen (secondary N) is 1. The maximum Gasteiger partial charge on any atom is 0.407 e. The van der Waals surface area contributed by atoms with Gasteiger partial charge >= 0.3 is 6.09 Å². The van der Waals surface area contributed by atoms with Crippen LogP contribution in [0.5, 0.6) is 0 Å². The molecule has 1 aromatic rings. The van der Waals surface area contributed by atoms with Gasteiger partial charge in [0.15, 0.2) is 0 Å². The Kier molecular flexibility index (Phi) is 7.85. The van der Waals surface area contributed by atoms with E-state index in [1.807, 2.05) is 45.0 Å². The first-order valence-electron chi connectivity index (χ1n) is 7.24. The molecule has 0 aliphatic heterocycles. The molecule has 1 aromatic carbocycles. The Labute approximate surface area is 140 Å². The Morgan fingerprint density at radius 2 is 1.95 bits per heavy atom. The SMILES string of the molecule is CC(C)(C)OC(=O)NCC[C@H](CO)OCc1ccc(Br)cc1.